The van der Waals surface area contributed by atoms with E-state index in [1.54, 1.807) is 17.2 Å². The SMILES string of the molecule is C=Cc1nc(CN2CC(C(F)(F)F)C2)c2n1CCN=C2. The Balaban J connectivity index is 1.72. The van der Waals surface area contributed by atoms with Crippen LogP contribution < -0.4 is 0 Å². The van der Waals surface area contributed by atoms with Gasteiger partial charge in [0, 0.05) is 32.4 Å². The molecule has 0 unspecified atom stereocenters. The van der Waals surface area contributed by atoms with Gasteiger partial charge in [0.05, 0.1) is 23.9 Å². The summed E-state index contributed by atoms with van der Waals surface area (Å²) in [7, 11) is 0. The maximum Gasteiger partial charge on any atom is 0.394 e. The van der Waals surface area contributed by atoms with E-state index in [2.05, 4.69) is 16.6 Å². The largest absolute Gasteiger partial charge is 0.394 e. The summed E-state index contributed by atoms with van der Waals surface area (Å²) in [6.45, 7) is 5.70. The molecule has 0 spiro atoms. The number of nitrogens with zero attached hydrogens (tertiary/aromatic N) is 4. The number of hydrogen-bond donors (Lipinski definition) is 0. The monoisotopic (exact) mass is 284 g/mol. The number of aromatic nitrogens is 2. The molecule has 0 bridgehead atoms. The Kier molecular flexibility index (Phi) is 3.16. The Morgan fingerprint density at radius 3 is 2.80 bits per heavy atom. The third kappa shape index (κ3) is 2.26. The van der Waals surface area contributed by atoms with Gasteiger partial charge in [-0.05, 0) is 6.08 Å². The molecule has 20 heavy (non-hydrogen) atoms. The summed E-state index contributed by atoms with van der Waals surface area (Å²) in [6, 6.07) is 0. The molecule has 108 valence electrons. The summed E-state index contributed by atoms with van der Waals surface area (Å²) in [6.07, 6.45) is -0.668. The zero-order chi connectivity index (χ0) is 14.3. The molecule has 0 atom stereocenters. The maximum absolute atomic E-state index is 12.5. The molecule has 1 saturated heterocycles. The Hall–Kier alpha value is -1.63. The van der Waals surface area contributed by atoms with Crippen LogP contribution in [0, 0.1) is 5.92 Å². The van der Waals surface area contributed by atoms with E-state index >= 15 is 0 Å². The molecule has 3 heterocycles. The highest BCUT2D eigenvalue weighted by atomic mass is 19.4. The van der Waals surface area contributed by atoms with Crippen molar-refractivity contribution in [2.45, 2.75) is 19.3 Å². The lowest BCUT2D eigenvalue weighted by Gasteiger charge is -2.39. The van der Waals surface area contributed by atoms with Gasteiger partial charge in [-0.3, -0.25) is 9.89 Å². The summed E-state index contributed by atoms with van der Waals surface area (Å²) in [4.78, 5) is 10.4. The topological polar surface area (TPSA) is 33.4 Å². The van der Waals surface area contributed by atoms with Crippen LogP contribution >= 0.6 is 0 Å². The number of fused-ring (bicyclic) bond motifs is 1. The first-order valence-electron chi connectivity index (χ1n) is 6.50. The van der Waals surface area contributed by atoms with Crippen molar-refractivity contribution in [2.75, 3.05) is 19.6 Å². The highest BCUT2D eigenvalue weighted by Crippen LogP contribution is 2.34. The van der Waals surface area contributed by atoms with Gasteiger partial charge in [-0.1, -0.05) is 6.58 Å². The molecule has 0 aliphatic carbocycles. The van der Waals surface area contributed by atoms with Crippen molar-refractivity contribution < 1.29 is 13.2 Å². The predicted octanol–water partition coefficient (Wildman–Crippen LogP) is 1.95. The van der Waals surface area contributed by atoms with Crippen LogP contribution in [0.15, 0.2) is 11.6 Å². The lowest BCUT2D eigenvalue weighted by molar-refractivity contribution is -0.210. The van der Waals surface area contributed by atoms with E-state index in [-0.39, 0.29) is 13.1 Å². The average molecular weight is 284 g/mol. The van der Waals surface area contributed by atoms with Gasteiger partial charge in [0.15, 0.2) is 0 Å². The molecule has 0 amide bonds. The average Bonchev–Trinajstić information content (AvgIpc) is 2.70. The molecule has 4 nitrogen and oxygen atoms in total. The molecule has 0 aromatic carbocycles. The second-order valence-electron chi connectivity index (χ2n) is 5.13. The number of hydrogen-bond acceptors (Lipinski definition) is 3. The van der Waals surface area contributed by atoms with Crippen molar-refractivity contribution >= 4 is 12.3 Å². The van der Waals surface area contributed by atoms with Gasteiger partial charge in [0.1, 0.15) is 5.82 Å². The summed E-state index contributed by atoms with van der Waals surface area (Å²) in [5.41, 5.74) is 1.67. The molecule has 7 heteroatoms. The number of rotatable bonds is 3. The molecule has 0 saturated carbocycles. The van der Waals surface area contributed by atoms with Crippen LogP contribution in [0.4, 0.5) is 13.2 Å². The lowest BCUT2D eigenvalue weighted by atomic mass is 9.99. The fourth-order valence-corrected chi connectivity index (χ4v) is 2.61. The van der Waals surface area contributed by atoms with Crippen molar-refractivity contribution in [3.05, 3.63) is 23.8 Å². The molecular formula is C13H15F3N4. The molecule has 1 fully saturated rings. The molecule has 2 aliphatic rings. The molecule has 1 aromatic rings. The van der Waals surface area contributed by atoms with E-state index in [4.69, 9.17) is 0 Å². The number of imidazole rings is 1. The summed E-state index contributed by atoms with van der Waals surface area (Å²) in [5, 5.41) is 0. The van der Waals surface area contributed by atoms with Gasteiger partial charge in [0.25, 0.3) is 0 Å². The highest BCUT2D eigenvalue weighted by Gasteiger charge is 2.47. The van der Waals surface area contributed by atoms with Crippen LogP contribution in [-0.4, -0.2) is 46.5 Å². The van der Waals surface area contributed by atoms with Crippen molar-refractivity contribution in [3.8, 4) is 0 Å². The Morgan fingerprint density at radius 1 is 1.40 bits per heavy atom. The number of alkyl halides is 3. The fourth-order valence-electron chi connectivity index (χ4n) is 2.61. The van der Waals surface area contributed by atoms with E-state index in [1.165, 1.54) is 0 Å². The standard InChI is InChI=1S/C13H15F3N4/c1-2-12-18-10(11-5-17-3-4-20(11)12)8-19-6-9(7-19)13(14,15)16/h2,5,9H,1,3-4,6-8H2. The van der Waals surface area contributed by atoms with Crippen LogP contribution in [0.1, 0.15) is 17.2 Å². The van der Waals surface area contributed by atoms with Crippen LogP contribution in [0.5, 0.6) is 0 Å². The smallest absolute Gasteiger partial charge is 0.322 e. The first kappa shape index (κ1) is 13.4. The predicted molar refractivity (Wildman–Crippen MR) is 69.6 cm³/mol. The first-order valence-corrected chi connectivity index (χ1v) is 6.50. The minimum absolute atomic E-state index is 0.0519. The highest BCUT2D eigenvalue weighted by molar-refractivity contribution is 5.80. The quantitative estimate of drug-likeness (QED) is 0.850. The van der Waals surface area contributed by atoms with E-state index in [0.29, 0.717) is 13.1 Å². The third-order valence-corrected chi connectivity index (χ3v) is 3.75. The normalized spacial score (nSPS) is 19.8. The molecule has 3 rings (SSSR count). The minimum atomic E-state index is -4.09. The summed E-state index contributed by atoms with van der Waals surface area (Å²) in [5.74, 6) is -0.442. The zero-order valence-corrected chi connectivity index (χ0v) is 10.9. The molecule has 0 N–H and O–H groups in total. The maximum atomic E-state index is 12.5. The molecule has 0 radical (unpaired) electrons. The van der Waals surface area contributed by atoms with Crippen molar-refractivity contribution in [1.29, 1.82) is 0 Å². The van der Waals surface area contributed by atoms with E-state index in [0.717, 1.165) is 23.8 Å². The van der Waals surface area contributed by atoms with E-state index < -0.39 is 12.1 Å². The van der Waals surface area contributed by atoms with Crippen LogP contribution in [0.25, 0.3) is 6.08 Å². The summed E-state index contributed by atoms with van der Waals surface area (Å²) >= 11 is 0. The van der Waals surface area contributed by atoms with E-state index in [1.807, 2.05) is 4.57 Å². The van der Waals surface area contributed by atoms with Crippen LogP contribution in [0.2, 0.25) is 0 Å². The number of halogens is 3. The zero-order valence-electron chi connectivity index (χ0n) is 10.9. The van der Waals surface area contributed by atoms with Crippen molar-refractivity contribution in [2.24, 2.45) is 10.9 Å². The Bertz CT molecular complexity index is 553. The van der Waals surface area contributed by atoms with Crippen LogP contribution in [-0.2, 0) is 13.1 Å². The fraction of sp³-hybridized carbons (Fsp3) is 0.538. The molecule has 2 aliphatic heterocycles. The van der Waals surface area contributed by atoms with Gasteiger partial charge in [-0.2, -0.15) is 13.2 Å². The number of aliphatic imine (C=N–C) groups is 1. The number of likely N-dealkylation sites (tertiary alicyclic amines) is 1. The second kappa shape index (κ2) is 4.73. The summed E-state index contributed by atoms with van der Waals surface area (Å²) < 4.78 is 39.4. The van der Waals surface area contributed by atoms with Gasteiger partial charge >= 0.3 is 6.18 Å². The third-order valence-electron chi connectivity index (χ3n) is 3.75. The van der Waals surface area contributed by atoms with Crippen molar-refractivity contribution in [3.63, 3.8) is 0 Å². The molecule has 1 aromatic heterocycles. The van der Waals surface area contributed by atoms with Gasteiger partial charge < -0.3 is 4.57 Å². The second-order valence-corrected chi connectivity index (χ2v) is 5.13. The van der Waals surface area contributed by atoms with Gasteiger partial charge in [0.2, 0.25) is 0 Å². The van der Waals surface area contributed by atoms with Crippen molar-refractivity contribution in [1.82, 2.24) is 14.5 Å². The van der Waals surface area contributed by atoms with Gasteiger partial charge in [-0.25, -0.2) is 4.98 Å². The van der Waals surface area contributed by atoms with Gasteiger partial charge in [-0.15, -0.1) is 0 Å². The first-order chi connectivity index (χ1) is 9.49. The minimum Gasteiger partial charge on any atom is -0.322 e. The molecular weight excluding hydrogens is 269 g/mol. The van der Waals surface area contributed by atoms with E-state index in [9.17, 15) is 13.2 Å². The Labute approximate surface area is 114 Å². The van der Waals surface area contributed by atoms with Crippen LogP contribution in [0.3, 0.4) is 0 Å². The Morgan fingerprint density at radius 2 is 2.15 bits per heavy atom. The lowest BCUT2D eigenvalue weighted by Crippen LogP contribution is -2.52.